The zero-order valence-electron chi connectivity index (χ0n) is 10.5. The number of thioether (sulfide) groups is 1. The van der Waals surface area contributed by atoms with Gasteiger partial charge in [-0.1, -0.05) is 17.8 Å². The van der Waals surface area contributed by atoms with Crippen molar-refractivity contribution in [1.29, 1.82) is 10.5 Å². The van der Waals surface area contributed by atoms with Gasteiger partial charge >= 0.3 is 0 Å². The van der Waals surface area contributed by atoms with Gasteiger partial charge < -0.3 is 10.7 Å². The van der Waals surface area contributed by atoms with Crippen molar-refractivity contribution >= 4 is 29.0 Å². The van der Waals surface area contributed by atoms with E-state index in [0.29, 0.717) is 10.4 Å². The maximum atomic E-state index is 12.0. The van der Waals surface area contributed by atoms with E-state index in [-0.39, 0.29) is 21.9 Å². The number of hydrogen-bond acceptors (Lipinski definition) is 6. The molecule has 0 unspecified atom stereocenters. The molecule has 3 N–H and O–H groups in total. The Morgan fingerprint density at radius 2 is 2.10 bits per heavy atom. The number of aromatic amines is 1. The number of hydrogen-bond donors (Lipinski definition) is 2. The SMILES string of the molecule is N#Cc1c(SCC(N)=O)[nH]c(=O)c(C#N)c1-c1cccs1. The summed E-state index contributed by atoms with van der Waals surface area (Å²) in [7, 11) is 0. The minimum Gasteiger partial charge on any atom is -0.369 e. The van der Waals surface area contributed by atoms with E-state index in [2.05, 4.69) is 4.98 Å². The predicted molar refractivity (Wildman–Crippen MR) is 79.7 cm³/mol. The fourth-order valence-electron chi connectivity index (χ4n) is 1.71. The second-order valence-corrected chi connectivity index (χ2v) is 5.80. The number of carbonyl (C=O) groups excluding carboxylic acids is 1. The van der Waals surface area contributed by atoms with E-state index >= 15 is 0 Å². The third-order valence-electron chi connectivity index (χ3n) is 2.53. The number of nitrogens with one attached hydrogen (secondary N) is 1. The van der Waals surface area contributed by atoms with Gasteiger partial charge in [0.2, 0.25) is 5.91 Å². The van der Waals surface area contributed by atoms with E-state index in [0.717, 1.165) is 11.8 Å². The monoisotopic (exact) mass is 316 g/mol. The van der Waals surface area contributed by atoms with Gasteiger partial charge in [0.1, 0.15) is 17.7 Å². The summed E-state index contributed by atoms with van der Waals surface area (Å²) in [5, 5.41) is 20.6. The summed E-state index contributed by atoms with van der Waals surface area (Å²) in [6.07, 6.45) is 0. The number of rotatable bonds is 4. The average Bonchev–Trinajstić information content (AvgIpc) is 2.97. The topological polar surface area (TPSA) is 124 Å². The molecule has 8 heteroatoms. The van der Waals surface area contributed by atoms with Crippen LogP contribution in [-0.4, -0.2) is 16.6 Å². The number of amides is 1. The van der Waals surface area contributed by atoms with Crippen molar-refractivity contribution in [3.8, 4) is 22.6 Å². The van der Waals surface area contributed by atoms with E-state index < -0.39 is 11.5 Å². The molecule has 2 rings (SSSR count). The summed E-state index contributed by atoms with van der Waals surface area (Å²) in [5.74, 6) is -0.632. The van der Waals surface area contributed by atoms with E-state index in [9.17, 15) is 20.1 Å². The van der Waals surface area contributed by atoms with Crippen LogP contribution in [0.2, 0.25) is 0 Å². The highest BCUT2D eigenvalue weighted by molar-refractivity contribution is 8.00. The molecule has 0 atom stereocenters. The van der Waals surface area contributed by atoms with Gasteiger partial charge in [0.15, 0.2) is 0 Å². The van der Waals surface area contributed by atoms with Gasteiger partial charge in [-0.05, 0) is 11.4 Å². The number of nitrogens with zero attached hydrogens (tertiary/aromatic N) is 2. The van der Waals surface area contributed by atoms with Crippen LogP contribution in [0.1, 0.15) is 11.1 Å². The van der Waals surface area contributed by atoms with E-state index in [1.165, 1.54) is 11.3 Å². The summed E-state index contributed by atoms with van der Waals surface area (Å²) in [6, 6.07) is 7.31. The molecule has 104 valence electrons. The summed E-state index contributed by atoms with van der Waals surface area (Å²) in [4.78, 5) is 26.0. The molecule has 21 heavy (non-hydrogen) atoms. The summed E-state index contributed by atoms with van der Waals surface area (Å²) in [5.41, 5.74) is 4.83. The third-order valence-corrected chi connectivity index (χ3v) is 4.44. The van der Waals surface area contributed by atoms with Crippen LogP contribution in [0, 0.1) is 22.7 Å². The molecular formula is C13H8N4O2S2. The summed E-state index contributed by atoms with van der Waals surface area (Å²) >= 11 is 2.29. The van der Waals surface area contributed by atoms with Crippen LogP contribution < -0.4 is 11.3 Å². The van der Waals surface area contributed by atoms with Gasteiger partial charge in [0, 0.05) is 10.4 Å². The number of pyridine rings is 1. The minimum atomic E-state index is -0.591. The Hall–Kier alpha value is -2.55. The first-order chi connectivity index (χ1) is 10.1. The first-order valence-corrected chi connectivity index (χ1v) is 7.50. The standard InChI is InChI=1S/C13H8N4O2S2/c14-4-7-11(9-2-1-3-20-9)8(5-15)13(17-12(7)19)21-6-10(16)18/h1-3H,6H2,(H2,16,18)(H,17,19). The number of H-pyrrole nitrogens is 1. The van der Waals surface area contributed by atoms with Crippen LogP contribution in [0.4, 0.5) is 0 Å². The van der Waals surface area contributed by atoms with Crippen molar-refractivity contribution in [2.45, 2.75) is 5.03 Å². The molecule has 0 aliphatic rings. The number of carbonyl (C=O) groups is 1. The van der Waals surface area contributed by atoms with Crippen molar-refractivity contribution in [2.75, 3.05) is 5.75 Å². The lowest BCUT2D eigenvalue weighted by Gasteiger charge is -2.08. The number of thiophene rings is 1. The second kappa shape index (κ2) is 6.27. The molecule has 0 fully saturated rings. The Morgan fingerprint density at radius 3 is 2.62 bits per heavy atom. The second-order valence-electron chi connectivity index (χ2n) is 3.86. The Bertz CT molecular complexity index is 826. The third kappa shape index (κ3) is 2.97. The van der Waals surface area contributed by atoms with Crippen molar-refractivity contribution in [2.24, 2.45) is 5.73 Å². The fourth-order valence-corrected chi connectivity index (χ4v) is 3.24. The highest BCUT2D eigenvalue weighted by Gasteiger charge is 2.20. The lowest BCUT2D eigenvalue weighted by Crippen LogP contribution is -2.17. The predicted octanol–water partition coefficient (Wildman–Crippen LogP) is 1.42. The molecule has 0 saturated carbocycles. The quantitative estimate of drug-likeness (QED) is 0.826. The fraction of sp³-hybridized carbons (Fsp3) is 0.0769. The molecule has 1 amide bonds. The zero-order chi connectivity index (χ0) is 15.4. The molecule has 2 heterocycles. The van der Waals surface area contributed by atoms with Gasteiger partial charge in [-0.15, -0.1) is 11.3 Å². The van der Waals surface area contributed by atoms with Crippen LogP contribution in [0.15, 0.2) is 27.3 Å². The minimum absolute atomic E-state index is 0.0690. The van der Waals surface area contributed by atoms with Gasteiger partial charge in [-0.3, -0.25) is 9.59 Å². The molecule has 2 aromatic heterocycles. The van der Waals surface area contributed by atoms with Crippen LogP contribution in [0.3, 0.4) is 0 Å². The molecule has 0 aliphatic carbocycles. The van der Waals surface area contributed by atoms with Crippen molar-refractivity contribution in [1.82, 2.24) is 4.98 Å². The van der Waals surface area contributed by atoms with Crippen LogP contribution >= 0.6 is 23.1 Å². The first-order valence-electron chi connectivity index (χ1n) is 5.64. The zero-order valence-corrected chi connectivity index (χ0v) is 12.2. The van der Waals surface area contributed by atoms with Crippen molar-refractivity contribution in [3.63, 3.8) is 0 Å². The highest BCUT2D eigenvalue weighted by Crippen LogP contribution is 2.33. The van der Waals surface area contributed by atoms with Gasteiger partial charge in [0.25, 0.3) is 5.56 Å². The molecule has 6 nitrogen and oxygen atoms in total. The number of primary amides is 1. The van der Waals surface area contributed by atoms with Gasteiger partial charge in [-0.2, -0.15) is 10.5 Å². The van der Waals surface area contributed by atoms with Crippen molar-refractivity contribution < 1.29 is 4.79 Å². The van der Waals surface area contributed by atoms with E-state index in [1.807, 2.05) is 12.1 Å². The van der Waals surface area contributed by atoms with Gasteiger partial charge in [-0.25, -0.2) is 0 Å². The summed E-state index contributed by atoms with van der Waals surface area (Å²) in [6.45, 7) is 0. The number of nitrogens with two attached hydrogens (primary N) is 1. The normalized spacial score (nSPS) is 9.81. The van der Waals surface area contributed by atoms with Gasteiger partial charge in [0.05, 0.1) is 16.3 Å². The maximum absolute atomic E-state index is 12.0. The Balaban J connectivity index is 2.72. The largest absolute Gasteiger partial charge is 0.369 e. The summed E-state index contributed by atoms with van der Waals surface area (Å²) < 4.78 is 0. The van der Waals surface area contributed by atoms with E-state index in [1.54, 1.807) is 17.5 Å². The maximum Gasteiger partial charge on any atom is 0.267 e. The molecule has 0 bridgehead atoms. The highest BCUT2D eigenvalue weighted by atomic mass is 32.2. The molecule has 0 aromatic carbocycles. The van der Waals surface area contributed by atoms with E-state index in [4.69, 9.17) is 5.73 Å². The van der Waals surface area contributed by atoms with Crippen molar-refractivity contribution in [3.05, 3.63) is 39.0 Å². The average molecular weight is 316 g/mol. The lowest BCUT2D eigenvalue weighted by molar-refractivity contribution is -0.115. The van der Waals surface area contributed by atoms with Crippen LogP contribution in [0.25, 0.3) is 10.4 Å². The molecule has 0 radical (unpaired) electrons. The molecule has 0 spiro atoms. The number of aromatic nitrogens is 1. The number of nitriles is 2. The molecule has 0 saturated heterocycles. The first kappa shape index (κ1) is 14.9. The molecular weight excluding hydrogens is 308 g/mol. The van der Waals surface area contributed by atoms with Crippen LogP contribution in [-0.2, 0) is 4.79 Å². The molecule has 0 aliphatic heterocycles. The Kier molecular flexibility index (Phi) is 4.43. The Labute approximate surface area is 127 Å². The molecule has 2 aromatic rings. The lowest BCUT2D eigenvalue weighted by atomic mass is 10.0. The Morgan fingerprint density at radius 1 is 1.38 bits per heavy atom. The van der Waals surface area contributed by atoms with Crippen LogP contribution in [0.5, 0.6) is 0 Å². The smallest absolute Gasteiger partial charge is 0.267 e.